The van der Waals surface area contributed by atoms with Crippen LogP contribution < -0.4 is 10.6 Å². The first-order chi connectivity index (χ1) is 8.95. The van der Waals surface area contributed by atoms with Crippen molar-refractivity contribution < 1.29 is 14.7 Å². The van der Waals surface area contributed by atoms with E-state index in [1.807, 2.05) is 6.92 Å². The topological polar surface area (TPSA) is 78.4 Å². The van der Waals surface area contributed by atoms with Crippen LogP contribution in [0.3, 0.4) is 0 Å². The molecule has 0 saturated carbocycles. The second-order valence-electron chi connectivity index (χ2n) is 5.02. The zero-order valence-electron chi connectivity index (χ0n) is 12.1. The molecule has 19 heavy (non-hydrogen) atoms. The van der Waals surface area contributed by atoms with Crippen LogP contribution in [0.4, 0.5) is 4.79 Å². The van der Waals surface area contributed by atoms with Gasteiger partial charge in [-0.15, -0.1) is 0 Å². The zero-order chi connectivity index (χ0) is 14.7. The Morgan fingerprint density at radius 3 is 2.42 bits per heavy atom. The Kier molecular flexibility index (Phi) is 10.4. The second kappa shape index (κ2) is 11.0. The maximum Gasteiger partial charge on any atom is 0.314 e. The van der Waals surface area contributed by atoms with Gasteiger partial charge in [-0.25, -0.2) is 4.79 Å². The molecule has 0 fully saturated rings. The van der Waals surface area contributed by atoms with Crippen molar-refractivity contribution >= 4 is 23.8 Å². The van der Waals surface area contributed by atoms with Crippen molar-refractivity contribution in [3.05, 3.63) is 0 Å². The summed E-state index contributed by atoms with van der Waals surface area (Å²) >= 11 is 1.77. The van der Waals surface area contributed by atoms with Gasteiger partial charge in [0, 0.05) is 19.5 Å². The molecule has 3 N–H and O–H groups in total. The zero-order valence-corrected chi connectivity index (χ0v) is 12.9. The van der Waals surface area contributed by atoms with Gasteiger partial charge in [0.15, 0.2) is 0 Å². The normalized spacial score (nSPS) is 13.6. The van der Waals surface area contributed by atoms with Gasteiger partial charge < -0.3 is 15.7 Å². The van der Waals surface area contributed by atoms with Gasteiger partial charge >= 0.3 is 12.0 Å². The molecular weight excluding hydrogens is 264 g/mol. The Balaban J connectivity index is 3.54. The maximum absolute atomic E-state index is 11.5. The number of amides is 2. The highest BCUT2D eigenvalue weighted by atomic mass is 32.2. The summed E-state index contributed by atoms with van der Waals surface area (Å²) in [4.78, 5) is 21.9. The third-order valence-corrected chi connectivity index (χ3v) is 3.74. The lowest BCUT2D eigenvalue weighted by atomic mass is 10.0. The van der Waals surface area contributed by atoms with Gasteiger partial charge in [-0.3, -0.25) is 4.79 Å². The molecule has 112 valence electrons. The molecule has 0 aliphatic heterocycles. The first-order valence-electron chi connectivity index (χ1n) is 6.68. The number of carboxylic acid groups (broad SMARTS) is 1. The van der Waals surface area contributed by atoms with Crippen LogP contribution in [-0.2, 0) is 4.79 Å². The van der Waals surface area contributed by atoms with Gasteiger partial charge in [0.1, 0.15) is 0 Å². The van der Waals surface area contributed by atoms with Gasteiger partial charge in [-0.2, -0.15) is 11.8 Å². The molecule has 2 unspecified atom stereocenters. The van der Waals surface area contributed by atoms with Crippen molar-refractivity contribution in [1.82, 2.24) is 10.6 Å². The van der Waals surface area contributed by atoms with Crippen LogP contribution in [0.15, 0.2) is 0 Å². The fourth-order valence-electron chi connectivity index (χ4n) is 1.62. The molecule has 0 bridgehead atoms. The summed E-state index contributed by atoms with van der Waals surface area (Å²) in [5.41, 5.74) is 0. The van der Waals surface area contributed by atoms with Gasteiger partial charge in [-0.05, 0) is 36.7 Å². The van der Waals surface area contributed by atoms with E-state index in [4.69, 9.17) is 5.11 Å². The van der Waals surface area contributed by atoms with E-state index in [9.17, 15) is 9.59 Å². The third kappa shape index (κ3) is 11.9. The number of urea groups is 1. The lowest BCUT2D eigenvalue weighted by Crippen LogP contribution is -2.38. The first-order valence-corrected chi connectivity index (χ1v) is 8.07. The van der Waals surface area contributed by atoms with Crippen molar-refractivity contribution in [3.8, 4) is 0 Å². The lowest BCUT2D eigenvalue weighted by molar-refractivity contribution is -0.137. The molecule has 0 aromatic heterocycles. The van der Waals surface area contributed by atoms with Crippen LogP contribution in [0, 0.1) is 11.8 Å². The number of hydrogen-bond acceptors (Lipinski definition) is 3. The molecule has 2 atom stereocenters. The second-order valence-corrected chi connectivity index (χ2v) is 5.93. The Bertz CT molecular complexity index is 275. The summed E-state index contributed by atoms with van der Waals surface area (Å²) in [6.45, 7) is 5.37. The number of thioether (sulfide) groups is 1. The fourth-order valence-corrected chi connectivity index (χ4v) is 2.31. The standard InChI is InChI=1S/C13H26N2O3S/c1-10(4-5-12(16)17)6-7-14-13(18)15-8-11(2)9-19-3/h10-11H,4-9H2,1-3H3,(H,16,17)(H2,14,15,18). The predicted octanol–water partition coefficient (Wildman–Crippen LogP) is 2.18. The van der Waals surface area contributed by atoms with Crippen LogP contribution in [-0.4, -0.2) is 42.2 Å². The SMILES string of the molecule is CSCC(C)CNC(=O)NCCC(C)CCC(=O)O. The Hall–Kier alpha value is -0.910. The summed E-state index contributed by atoms with van der Waals surface area (Å²) in [7, 11) is 0. The van der Waals surface area contributed by atoms with E-state index in [1.165, 1.54) is 0 Å². The van der Waals surface area contributed by atoms with Crippen molar-refractivity contribution in [1.29, 1.82) is 0 Å². The van der Waals surface area contributed by atoms with Crippen LogP contribution in [0.25, 0.3) is 0 Å². The van der Waals surface area contributed by atoms with Crippen LogP contribution in [0.2, 0.25) is 0 Å². The van der Waals surface area contributed by atoms with Crippen LogP contribution in [0.5, 0.6) is 0 Å². The van der Waals surface area contributed by atoms with Crippen molar-refractivity contribution in [3.63, 3.8) is 0 Å². The molecule has 0 radical (unpaired) electrons. The summed E-state index contributed by atoms with van der Waals surface area (Å²) in [6.07, 6.45) is 3.71. The molecule has 0 heterocycles. The van der Waals surface area contributed by atoms with E-state index in [2.05, 4.69) is 23.8 Å². The molecular formula is C13H26N2O3S. The number of carbonyl (C=O) groups is 2. The molecule has 0 rings (SSSR count). The predicted molar refractivity (Wildman–Crippen MR) is 79.6 cm³/mol. The van der Waals surface area contributed by atoms with E-state index in [0.29, 0.717) is 31.3 Å². The van der Waals surface area contributed by atoms with Gasteiger partial charge in [-0.1, -0.05) is 13.8 Å². The summed E-state index contributed by atoms with van der Waals surface area (Å²) in [5.74, 6) is 1.05. The lowest BCUT2D eigenvalue weighted by Gasteiger charge is -2.13. The maximum atomic E-state index is 11.5. The van der Waals surface area contributed by atoms with E-state index >= 15 is 0 Å². The van der Waals surface area contributed by atoms with Crippen LogP contribution >= 0.6 is 11.8 Å². The molecule has 6 heteroatoms. The van der Waals surface area contributed by atoms with Gasteiger partial charge in [0.2, 0.25) is 0 Å². The molecule has 0 aliphatic carbocycles. The number of carboxylic acids is 1. The minimum Gasteiger partial charge on any atom is -0.481 e. The summed E-state index contributed by atoms with van der Waals surface area (Å²) in [6, 6.07) is -0.140. The third-order valence-electron chi connectivity index (χ3n) is 2.84. The molecule has 0 aromatic rings. The van der Waals surface area contributed by atoms with E-state index in [-0.39, 0.29) is 12.5 Å². The Morgan fingerprint density at radius 1 is 1.16 bits per heavy atom. The minimum atomic E-state index is -0.764. The fraction of sp³-hybridized carbons (Fsp3) is 0.846. The largest absolute Gasteiger partial charge is 0.481 e. The average molecular weight is 290 g/mol. The average Bonchev–Trinajstić information content (AvgIpc) is 2.34. The first kappa shape index (κ1) is 18.1. The van der Waals surface area contributed by atoms with Crippen molar-refractivity contribution in [2.24, 2.45) is 11.8 Å². The monoisotopic (exact) mass is 290 g/mol. The number of aliphatic carboxylic acids is 1. The smallest absolute Gasteiger partial charge is 0.314 e. The molecule has 0 spiro atoms. The van der Waals surface area contributed by atoms with E-state index < -0.39 is 5.97 Å². The van der Waals surface area contributed by atoms with E-state index in [0.717, 1.165) is 12.2 Å². The quantitative estimate of drug-likeness (QED) is 0.576. The van der Waals surface area contributed by atoms with Crippen molar-refractivity contribution in [2.45, 2.75) is 33.1 Å². The molecule has 0 aliphatic rings. The van der Waals surface area contributed by atoms with Gasteiger partial charge in [0.25, 0.3) is 0 Å². The van der Waals surface area contributed by atoms with Crippen molar-refractivity contribution in [2.75, 3.05) is 25.1 Å². The molecule has 5 nitrogen and oxygen atoms in total. The molecule has 0 aromatic carbocycles. The van der Waals surface area contributed by atoms with Gasteiger partial charge in [0.05, 0.1) is 0 Å². The molecule has 2 amide bonds. The minimum absolute atomic E-state index is 0.140. The number of rotatable bonds is 10. The number of carbonyl (C=O) groups excluding carboxylic acids is 1. The summed E-state index contributed by atoms with van der Waals surface area (Å²) < 4.78 is 0. The number of hydrogen-bond donors (Lipinski definition) is 3. The molecule has 0 saturated heterocycles. The van der Waals surface area contributed by atoms with E-state index in [1.54, 1.807) is 11.8 Å². The summed E-state index contributed by atoms with van der Waals surface area (Å²) in [5, 5.41) is 14.2. The highest BCUT2D eigenvalue weighted by Crippen LogP contribution is 2.09. The Morgan fingerprint density at radius 2 is 1.84 bits per heavy atom. The highest BCUT2D eigenvalue weighted by molar-refractivity contribution is 7.98. The van der Waals surface area contributed by atoms with Crippen LogP contribution in [0.1, 0.15) is 33.1 Å². The highest BCUT2D eigenvalue weighted by Gasteiger charge is 2.07. The Labute approximate surface area is 119 Å². The number of nitrogens with one attached hydrogen (secondary N) is 2.